The van der Waals surface area contributed by atoms with E-state index in [0.717, 1.165) is 25.1 Å². The van der Waals surface area contributed by atoms with Gasteiger partial charge in [0.2, 0.25) is 0 Å². The van der Waals surface area contributed by atoms with Gasteiger partial charge in [-0.25, -0.2) is 0 Å². The number of benzene rings is 2. The van der Waals surface area contributed by atoms with E-state index in [1.54, 1.807) is 30.3 Å². The van der Waals surface area contributed by atoms with Gasteiger partial charge in [-0.3, -0.25) is 9.59 Å². The van der Waals surface area contributed by atoms with Crippen LogP contribution in [0.5, 0.6) is 0 Å². The van der Waals surface area contributed by atoms with E-state index < -0.39 is 0 Å². The quantitative estimate of drug-likeness (QED) is 0.705. The van der Waals surface area contributed by atoms with Crippen LogP contribution in [0.15, 0.2) is 42.5 Å². The molecule has 0 aromatic heterocycles. The molecule has 0 aliphatic heterocycles. The number of carbonyl (C=O) groups excluding carboxylic acids is 2. The summed E-state index contributed by atoms with van der Waals surface area (Å²) in [6.07, 6.45) is 1.86. The van der Waals surface area contributed by atoms with Gasteiger partial charge >= 0.3 is 0 Å². The van der Waals surface area contributed by atoms with Crippen LogP contribution in [0.3, 0.4) is 0 Å². The number of unbranched alkanes of at least 4 members (excludes halogenated alkanes) is 1. The summed E-state index contributed by atoms with van der Waals surface area (Å²) in [7, 11) is 0. The molecular formula is C18H19ClN2O2. The van der Waals surface area contributed by atoms with Crippen molar-refractivity contribution in [2.24, 2.45) is 5.73 Å². The van der Waals surface area contributed by atoms with Crippen LogP contribution < -0.4 is 11.1 Å². The average molecular weight is 331 g/mol. The topological polar surface area (TPSA) is 72.2 Å². The number of fused-ring (bicyclic) bond motifs is 2. The van der Waals surface area contributed by atoms with E-state index in [0.29, 0.717) is 28.8 Å². The molecule has 3 N–H and O–H groups in total. The van der Waals surface area contributed by atoms with Crippen LogP contribution in [0.4, 0.5) is 5.69 Å². The minimum Gasteiger partial charge on any atom is -0.384 e. The summed E-state index contributed by atoms with van der Waals surface area (Å²) in [5.41, 5.74) is 8.14. The fourth-order valence-corrected chi connectivity index (χ4v) is 2.78. The van der Waals surface area contributed by atoms with Crippen molar-refractivity contribution in [1.82, 2.24) is 0 Å². The summed E-state index contributed by atoms with van der Waals surface area (Å²) < 4.78 is 0. The monoisotopic (exact) mass is 330 g/mol. The Morgan fingerprint density at radius 1 is 0.826 bits per heavy atom. The third-order valence-electron chi connectivity index (χ3n) is 3.90. The molecule has 0 unspecified atom stereocenters. The zero-order valence-corrected chi connectivity index (χ0v) is 13.5. The summed E-state index contributed by atoms with van der Waals surface area (Å²) >= 11 is 0. The summed E-state index contributed by atoms with van der Waals surface area (Å²) in [4.78, 5) is 25.3. The minimum atomic E-state index is -0.0906. The molecule has 0 fully saturated rings. The van der Waals surface area contributed by atoms with Crippen molar-refractivity contribution < 1.29 is 9.59 Å². The highest BCUT2D eigenvalue weighted by atomic mass is 35.5. The molecule has 0 atom stereocenters. The predicted octanol–water partition coefficient (Wildman–Crippen LogP) is 3.03. The van der Waals surface area contributed by atoms with Gasteiger partial charge in [0, 0.05) is 28.9 Å². The molecule has 0 amide bonds. The highest BCUT2D eigenvalue weighted by Gasteiger charge is 2.31. The number of halogens is 1. The van der Waals surface area contributed by atoms with Crippen molar-refractivity contribution in [2.75, 3.05) is 18.4 Å². The fourth-order valence-electron chi connectivity index (χ4n) is 2.78. The Hall–Kier alpha value is -2.17. The molecule has 23 heavy (non-hydrogen) atoms. The molecule has 2 aromatic rings. The van der Waals surface area contributed by atoms with E-state index in [9.17, 15) is 9.59 Å². The molecule has 0 radical (unpaired) electrons. The first-order valence-electron chi connectivity index (χ1n) is 7.49. The number of carbonyl (C=O) groups is 2. The lowest BCUT2D eigenvalue weighted by Gasteiger charge is -2.20. The van der Waals surface area contributed by atoms with Gasteiger partial charge in [-0.15, -0.1) is 12.4 Å². The van der Waals surface area contributed by atoms with Crippen LogP contribution in [-0.2, 0) is 0 Å². The van der Waals surface area contributed by atoms with Crippen molar-refractivity contribution in [3.05, 3.63) is 64.7 Å². The second-order valence-electron chi connectivity index (χ2n) is 5.35. The third kappa shape index (κ3) is 3.14. The fraction of sp³-hybridized carbons (Fsp3) is 0.222. The zero-order valence-electron chi connectivity index (χ0n) is 12.7. The SMILES string of the molecule is Cl.NCCCCNc1cccc2c1C(=O)c1ccccc1C2=O. The molecular weight excluding hydrogens is 312 g/mol. The summed E-state index contributed by atoms with van der Waals surface area (Å²) in [5.74, 6) is -0.178. The smallest absolute Gasteiger partial charge is 0.196 e. The Morgan fingerprint density at radius 3 is 2.17 bits per heavy atom. The van der Waals surface area contributed by atoms with E-state index in [1.165, 1.54) is 0 Å². The van der Waals surface area contributed by atoms with Crippen LogP contribution >= 0.6 is 12.4 Å². The predicted molar refractivity (Wildman–Crippen MR) is 93.8 cm³/mol. The number of ketones is 2. The highest BCUT2D eigenvalue weighted by Crippen LogP contribution is 2.31. The third-order valence-corrected chi connectivity index (χ3v) is 3.90. The van der Waals surface area contributed by atoms with E-state index in [1.807, 2.05) is 12.1 Å². The van der Waals surface area contributed by atoms with Gasteiger partial charge in [-0.1, -0.05) is 36.4 Å². The van der Waals surface area contributed by atoms with Gasteiger partial charge in [0.25, 0.3) is 0 Å². The van der Waals surface area contributed by atoms with Gasteiger partial charge < -0.3 is 11.1 Å². The highest BCUT2D eigenvalue weighted by molar-refractivity contribution is 6.30. The number of anilines is 1. The number of nitrogens with one attached hydrogen (secondary N) is 1. The number of hydrogen-bond donors (Lipinski definition) is 2. The van der Waals surface area contributed by atoms with Crippen molar-refractivity contribution in [1.29, 1.82) is 0 Å². The van der Waals surface area contributed by atoms with Crippen molar-refractivity contribution in [3.63, 3.8) is 0 Å². The molecule has 1 aliphatic rings. The summed E-state index contributed by atoms with van der Waals surface area (Å²) in [6, 6.07) is 12.4. The molecule has 3 rings (SSSR count). The summed E-state index contributed by atoms with van der Waals surface area (Å²) in [5, 5.41) is 3.26. The Labute approximate surface area is 141 Å². The Bertz CT molecular complexity index is 744. The van der Waals surface area contributed by atoms with Gasteiger partial charge in [-0.2, -0.15) is 0 Å². The number of nitrogens with two attached hydrogens (primary N) is 1. The lowest BCUT2D eigenvalue weighted by Crippen LogP contribution is -2.22. The maximum Gasteiger partial charge on any atom is 0.196 e. The lowest BCUT2D eigenvalue weighted by atomic mass is 9.83. The minimum absolute atomic E-state index is 0. The molecule has 5 heteroatoms. The molecule has 0 saturated carbocycles. The van der Waals surface area contributed by atoms with Crippen LogP contribution in [0.1, 0.15) is 44.7 Å². The molecule has 0 saturated heterocycles. The van der Waals surface area contributed by atoms with Crippen molar-refractivity contribution in [2.45, 2.75) is 12.8 Å². The van der Waals surface area contributed by atoms with Gasteiger partial charge in [0.05, 0.1) is 5.56 Å². The van der Waals surface area contributed by atoms with Gasteiger partial charge in [-0.05, 0) is 25.5 Å². The van der Waals surface area contributed by atoms with Crippen LogP contribution in [0.25, 0.3) is 0 Å². The van der Waals surface area contributed by atoms with E-state index >= 15 is 0 Å². The van der Waals surface area contributed by atoms with Crippen molar-refractivity contribution >= 4 is 29.7 Å². The van der Waals surface area contributed by atoms with Gasteiger partial charge in [0.1, 0.15) is 0 Å². The Morgan fingerprint density at radius 2 is 1.48 bits per heavy atom. The molecule has 2 aromatic carbocycles. The average Bonchev–Trinajstić information content (AvgIpc) is 2.56. The maximum atomic E-state index is 12.8. The van der Waals surface area contributed by atoms with E-state index in [2.05, 4.69) is 5.32 Å². The van der Waals surface area contributed by atoms with E-state index in [4.69, 9.17) is 5.73 Å². The van der Waals surface area contributed by atoms with Crippen LogP contribution in [0, 0.1) is 0 Å². The second kappa shape index (κ2) is 7.40. The second-order valence-corrected chi connectivity index (χ2v) is 5.35. The molecule has 4 nitrogen and oxygen atoms in total. The molecule has 120 valence electrons. The normalized spacial score (nSPS) is 12.2. The molecule has 0 heterocycles. The van der Waals surface area contributed by atoms with Crippen molar-refractivity contribution in [3.8, 4) is 0 Å². The number of rotatable bonds is 5. The first-order valence-corrected chi connectivity index (χ1v) is 7.49. The Balaban J connectivity index is 0.00000192. The largest absolute Gasteiger partial charge is 0.384 e. The van der Waals surface area contributed by atoms with Crippen LogP contribution in [-0.4, -0.2) is 24.7 Å². The van der Waals surface area contributed by atoms with E-state index in [-0.39, 0.29) is 24.0 Å². The Kier molecular flexibility index (Phi) is 5.53. The summed E-state index contributed by atoms with van der Waals surface area (Å²) in [6.45, 7) is 1.39. The molecule has 0 spiro atoms. The van der Waals surface area contributed by atoms with Crippen LogP contribution in [0.2, 0.25) is 0 Å². The first kappa shape index (κ1) is 17.2. The first-order chi connectivity index (χ1) is 10.7. The number of hydrogen-bond acceptors (Lipinski definition) is 4. The molecule has 1 aliphatic carbocycles. The standard InChI is InChI=1S/C18H18N2O2.ClH/c19-10-3-4-11-20-15-9-5-8-14-16(15)18(22)13-7-2-1-6-12(13)17(14)21;/h1-2,5-9,20H,3-4,10-11,19H2;1H. The zero-order chi connectivity index (χ0) is 15.5. The molecule has 0 bridgehead atoms. The van der Waals surface area contributed by atoms with Gasteiger partial charge in [0.15, 0.2) is 11.6 Å². The lowest BCUT2D eigenvalue weighted by molar-refractivity contribution is 0.0979. The maximum absolute atomic E-state index is 12.8.